The van der Waals surface area contributed by atoms with E-state index in [2.05, 4.69) is 70.3 Å². The lowest BCUT2D eigenvalue weighted by Crippen LogP contribution is -2.67. The van der Waals surface area contributed by atoms with E-state index in [0.29, 0.717) is 5.92 Å². The average molecular weight is 454 g/mol. The summed E-state index contributed by atoms with van der Waals surface area (Å²) in [7, 11) is 3.87. The van der Waals surface area contributed by atoms with Crippen molar-refractivity contribution < 1.29 is 9.47 Å². The number of hydrogen-bond acceptors (Lipinski definition) is 4. The molecule has 34 heavy (non-hydrogen) atoms. The fourth-order valence-corrected chi connectivity index (χ4v) is 7.81. The SMILES string of the molecule is CNC1CC2OC(C)(C1OC)N1c3c(c4c(c5c6ccccc6n2c35)C[N-]C4)C2C=CC=CC21. The first-order valence-electron chi connectivity index (χ1n) is 12.4. The quantitative estimate of drug-likeness (QED) is 0.604. The molecule has 1 N–H and O–H groups in total. The second kappa shape index (κ2) is 6.52. The Morgan fingerprint density at radius 2 is 1.97 bits per heavy atom. The molecule has 6 atom stereocenters. The van der Waals surface area contributed by atoms with E-state index < -0.39 is 5.72 Å². The van der Waals surface area contributed by atoms with Crippen molar-refractivity contribution in [1.82, 2.24) is 9.88 Å². The van der Waals surface area contributed by atoms with Gasteiger partial charge in [-0.25, -0.2) is 0 Å². The monoisotopic (exact) mass is 453 g/mol. The molecule has 8 rings (SSSR count). The van der Waals surface area contributed by atoms with Crippen molar-refractivity contribution in [3.8, 4) is 0 Å². The van der Waals surface area contributed by atoms with Crippen molar-refractivity contribution in [2.75, 3.05) is 19.1 Å². The highest BCUT2D eigenvalue weighted by atomic mass is 16.6. The number of likely N-dealkylation sites (N-methyl/N-ethyl adjacent to an activating group) is 1. The van der Waals surface area contributed by atoms with Crippen LogP contribution < -0.4 is 10.2 Å². The highest BCUT2D eigenvalue weighted by Gasteiger charge is 2.59. The van der Waals surface area contributed by atoms with Gasteiger partial charge in [0.25, 0.3) is 0 Å². The minimum absolute atomic E-state index is 0.0797. The Morgan fingerprint density at radius 1 is 1.15 bits per heavy atom. The molecule has 2 aromatic carbocycles. The highest BCUT2D eigenvalue weighted by molar-refractivity contribution is 6.16. The average Bonchev–Trinajstić information content (AvgIpc) is 3.53. The maximum absolute atomic E-state index is 7.17. The van der Waals surface area contributed by atoms with Gasteiger partial charge in [0.05, 0.1) is 22.8 Å². The Bertz CT molecular complexity index is 1440. The summed E-state index contributed by atoms with van der Waals surface area (Å²) in [5, 5.41) is 11.2. The van der Waals surface area contributed by atoms with Crippen LogP contribution in [0.25, 0.3) is 27.1 Å². The van der Waals surface area contributed by atoms with Gasteiger partial charge in [-0.3, -0.25) is 0 Å². The number of methoxy groups -OCH3 is 1. The van der Waals surface area contributed by atoms with Crippen LogP contribution in [0.3, 0.4) is 0 Å². The van der Waals surface area contributed by atoms with Crippen LogP contribution >= 0.6 is 0 Å². The Labute approximate surface area is 199 Å². The van der Waals surface area contributed by atoms with Gasteiger partial charge in [0.15, 0.2) is 5.72 Å². The first-order chi connectivity index (χ1) is 16.7. The van der Waals surface area contributed by atoms with Crippen LogP contribution in [0.5, 0.6) is 0 Å². The van der Waals surface area contributed by atoms with Crippen LogP contribution in [0.1, 0.15) is 42.2 Å². The van der Waals surface area contributed by atoms with Crippen molar-refractivity contribution in [3.05, 3.63) is 70.6 Å². The summed E-state index contributed by atoms with van der Waals surface area (Å²) in [4.78, 5) is 2.57. The summed E-state index contributed by atoms with van der Waals surface area (Å²) in [5.74, 6) is 0.294. The predicted molar refractivity (Wildman–Crippen MR) is 134 cm³/mol. The molecule has 5 aliphatic rings. The summed E-state index contributed by atoms with van der Waals surface area (Å²) < 4.78 is 15.9. The third-order valence-electron chi connectivity index (χ3n) is 9.01. The molecule has 1 saturated heterocycles. The maximum Gasteiger partial charge on any atom is 0.169 e. The van der Waals surface area contributed by atoms with Crippen molar-refractivity contribution in [3.63, 3.8) is 0 Å². The van der Waals surface area contributed by atoms with Crippen LogP contribution in [0.2, 0.25) is 0 Å². The molecule has 0 saturated carbocycles. The molecule has 0 spiro atoms. The van der Waals surface area contributed by atoms with Gasteiger partial charge in [-0.15, -0.1) is 13.1 Å². The first kappa shape index (κ1) is 19.6. The number of anilines is 1. The number of nitrogens with zero attached hydrogens (tertiary/aromatic N) is 3. The van der Waals surface area contributed by atoms with Gasteiger partial charge in [-0.2, -0.15) is 0 Å². The number of aromatic nitrogens is 1. The van der Waals surface area contributed by atoms with E-state index in [-0.39, 0.29) is 24.4 Å². The van der Waals surface area contributed by atoms with Crippen LogP contribution in [-0.4, -0.2) is 42.6 Å². The summed E-state index contributed by atoms with van der Waals surface area (Å²) in [6, 6.07) is 9.22. The summed E-state index contributed by atoms with van der Waals surface area (Å²) in [5.41, 5.74) is 7.59. The van der Waals surface area contributed by atoms with Gasteiger partial charge in [0.1, 0.15) is 12.3 Å². The highest BCUT2D eigenvalue weighted by Crippen LogP contribution is 2.60. The van der Waals surface area contributed by atoms with Gasteiger partial charge in [0.2, 0.25) is 0 Å². The molecular formula is C28H29N4O2-. The zero-order valence-electron chi connectivity index (χ0n) is 19.8. The topological polar surface area (TPSA) is 52.8 Å². The minimum atomic E-state index is -0.619. The Morgan fingerprint density at radius 3 is 2.82 bits per heavy atom. The number of benzene rings is 2. The second-order valence-corrected chi connectivity index (χ2v) is 10.4. The molecule has 4 aliphatic heterocycles. The third kappa shape index (κ3) is 2.09. The Balaban J connectivity index is 1.59. The normalized spacial score (nSPS) is 34.7. The molecule has 174 valence electrons. The van der Waals surface area contributed by atoms with Gasteiger partial charge in [-0.1, -0.05) is 53.6 Å². The number of nitrogens with one attached hydrogen (secondary N) is 1. The first-order valence-corrected chi connectivity index (χ1v) is 12.4. The largest absolute Gasteiger partial charge is 0.655 e. The van der Waals surface area contributed by atoms with E-state index in [0.717, 1.165) is 19.5 Å². The molecule has 5 heterocycles. The fourth-order valence-electron chi connectivity index (χ4n) is 7.81. The molecule has 6 heteroatoms. The van der Waals surface area contributed by atoms with Crippen molar-refractivity contribution in [2.24, 2.45) is 0 Å². The number of fused-ring (bicyclic) bond motifs is 13. The maximum atomic E-state index is 7.17. The van der Waals surface area contributed by atoms with E-state index in [1.54, 1.807) is 0 Å². The number of ether oxygens (including phenoxy) is 2. The summed E-state index contributed by atoms with van der Waals surface area (Å²) in [6.07, 6.45) is 9.79. The smallest absolute Gasteiger partial charge is 0.169 e. The predicted octanol–water partition coefficient (Wildman–Crippen LogP) is 4.83. The fraction of sp³-hybridized carbons (Fsp3) is 0.429. The molecule has 6 nitrogen and oxygen atoms in total. The molecule has 0 amide bonds. The van der Waals surface area contributed by atoms with E-state index in [1.165, 1.54) is 44.2 Å². The standard InChI is InChI=1S/C28H29N4O2/c1-28-27(33-3)19(29-2)12-22(34-28)31-20-10-6-4-8-15(20)23-17-13-30-14-18(17)24-16-9-5-7-11-21(16)32(28)26(24)25(23)31/h4-11,16,19,21-22,27,29H,12-14H2,1-3H3/q-1. The molecule has 2 bridgehead atoms. The van der Waals surface area contributed by atoms with Gasteiger partial charge >= 0.3 is 0 Å². The lowest BCUT2D eigenvalue weighted by molar-refractivity contribution is -0.219. The van der Waals surface area contributed by atoms with E-state index >= 15 is 0 Å². The van der Waals surface area contributed by atoms with E-state index in [4.69, 9.17) is 14.8 Å². The van der Waals surface area contributed by atoms with Crippen molar-refractivity contribution in [1.29, 1.82) is 0 Å². The van der Waals surface area contributed by atoms with Crippen LogP contribution in [0.4, 0.5) is 5.69 Å². The van der Waals surface area contributed by atoms with Gasteiger partial charge in [-0.05, 0) is 25.6 Å². The van der Waals surface area contributed by atoms with Crippen LogP contribution in [-0.2, 0) is 22.6 Å². The second-order valence-electron chi connectivity index (χ2n) is 10.4. The Kier molecular flexibility index (Phi) is 3.77. The zero-order chi connectivity index (χ0) is 22.8. The van der Waals surface area contributed by atoms with Gasteiger partial charge in [0, 0.05) is 36.3 Å². The lowest BCUT2D eigenvalue weighted by Gasteiger charge is -2.53. The molecule has 0 radical (unpaired) electrons. The zero-order valence-corrected chi connectivity index (χ0v) is 19.8. The van der Waals surface area contributed by atoms with Gasteiger partial charge < -0.3 is 29.6 Å². The van der Waals surface area contributed by atoms with E-state index in [9.17, 15) is 0 Å². The number of para-hydroxylation sites is 1. The number of allylic oxidation sites excluding steroid dienone is 2. The minimum Gasteiger partial charge on any atom is -0.655 e. The van der Waals surface area contributed by atoms with Crippen molar-refractivity contribution in [2.45, 2.75) is 62.5 Å². The summed E-state index contributed by atoms with van der Waals surface area (Å²) in [6.45, 7) is 3.84. The molecule has 1 aromatic heterocycles. The molecule has 1 fully saturated rings. The Hall–Kier alpha value is -2.64. The third-order valence-corrected chi connectivity index (χ3v) is 9.01. The summed E-state index contributed by atoms with van der Waals surface area (Å²) >= 11 is 0. The molecular weight excluding hydrogens is 424 g/mol. The van der Waals surface area contributed by atoms with Crippen LogP contribution in [0.15, 0.2) is 48.6 Å². The molecule has 6 unspecified atom stereocenters. The van der Waals surface area contributed by atoms with E-state index in [1.807, 2.05) is 14.2 Å². The number of hydrogen-bond donors (Lipinski definition) is 1. The molecule has 1 aliphatic carbocycles. The number of rotatable bonds is 2. The van der Waals surface area contributed by atoms with Crippen molar-refractivity contribution >= 4 is 27.5 Å². The molecule has 3 aromatic rings. The van der Waals surface area contributed by atoms with Crippen LogP contribution in [0, 0.1) is 0 Å². The lowest BCUT2D eigenvalue weighted by atomic mass is 9.85.